The van der Waals surface area contributed by atoms with Crippen molar-refractivity contribution in [2.75, 3.05) is 21.5 Å². The number of Topliss-reactive ketones (excluding diaryl/α,β-unsaturated/α-hetero) is 2. The summed E-state index contributed by atoms with van der Waals surface area (Å²) < 4.78 is 102. The van der Waals surface area contributed by atoms with Crippen molar-refractivity contribution in [2.45, 2.75) is 4.90 Å². The summed E-state index contributed by atoms with van der Waals surface area (Å²) >= 11 is 0. The van der Waals surface area contributed by atoms with Crippen molar-refractivity contribution in [3.8, 4) is 0 Å². The van der Waals surface area contributed by atoms with E-state index in [-0.39, 0.29) is 44.2 Å². The number of hydrazone groups is 2. The number of benzene rings is 5. The number of allylic oxidation sites excluding steroid dienone is 2. The Hall–Kier alpha value is -6.88. The van der Waals surface area contributed by atoms with Crippen LogP contribution in [0.3, 0.4) is 0 Å². The van der Waals surface area contributed by atoms with E-state index in [4.69, 9.17) is 0 Å². The zero-order valence-electron chi connectivity index (χ0n) is 29.1. The molecule has 0 unspecified atom stereocenters. The summed E-state index contributed by atoms with van der Waals surface area (Å²) in [6, 6.07) is 23.7. The molecule has 18 nitrogen and oxygen atoms in total. The second kappa shape index (κ2) is 14.9. The van der Waals surface area contributed by atoms with Crippen LogP contribution in [0.25, 0.3) is 22.9 Å². The molecule has 2 aliphatic rings. The van der Waals surface area contributed by atoms with Crippen LogP contribution in [0.15, 0.2) is 128 Å². The second-order valence-corrected chi connectivity index (χ2v) is 16.7. The largest absolute Gasteiger partial charge is 0.323 e. The molecule has 0 fully saturated rings. The number of nitrogens with one attached hydrogen (secondary N) is 4. The molecule has 2 aliphatic carbocycles. The van der Waals surface area contributed by atoms with Gasteiger partial charge in [0, 0.05) is 22.5 Å². The van der Waals surface area contributed by atoms with E-state index in [0.29, 0.717) is 16.5 Å². The van der Waals surface area contributed by atoms with Gasteiger partial charge in [-0.05, 0) is 107 Å². The van der Waals surface area contributed by atoms with E-state index in [2.05, 4.69) is 31.7 Å². The second-order valence-electron chi connectivity index (χ2n) is 12.5. The maximum absolute atomic E-state index is 13.5. The Morgan fingerprint density at radius 3 is 1.47 bits per heavy atom. The topological polar surface area (TPSA) is 287 Å². The van der Waals surface area contributed by atoms with Crippen LogP contribution in [0.4, 0.5) is 27.5 Å². The quantitative estimate of drug-likeness (QED) is 0.0711. The van der Waals surface area contributed by atoms with Gasteiger partial charge in [-0.3, -0.25) is 34.1 Å². The van der Waals surface area contributed by atoms with Crippen LogP contribution in [-0.4, -0.2) is 67.9 Å². The minimum absolute atomic E-state index is 0.00381. The monoisotopic (exact) mass is 842 g/mol. The average molecular weight is 843 g/mol. The molecular weight excluding hydrogens is 817 g/mol. The number of amides is 2. The summed E-state index contributed by atoms with van der Waals surface area (Å²) in [5, 5.41) is 13.9. The molecule has 0 heterocycles. The molecule has 0 atom stereocenters. The molecule has 0 aromatic heterocycles. The molecule has 0 saturated carbocycles. The lowest BCUT2D eigenvalue weighted by Gasteiger charge is -2.18. The van der Waals surface area contributed by atoms with E-state index in [1.807, 2.05) is 0 Å². The Balaban J connectivity index is 1.09. The third kappa shape index (κ3) is 8.29. The summed E-state index contributed by atoms with van der Waals surface area (Å²) in [7, 11) is -14.4. The third-order valence-corrected chi connectivity index (χ3v) is 11.2. The standard InChI is InChI=1S/C37H26N6O12S3/c44-35-29-12-9-25(15-22(29)18-31(57(50,51)52)33(35)42-40-24-4-2-1-3-5-24)38-37(46)39-26-10-13-30-23(16-26)19-32(58(53,54)55)34(36(30)45)43-41-27-8-6-21-17-28(56(47,48)49)11-7-20(21)14-27/h1-19,40-41H,(H2,38,39,46)(H,47,48,49)(H,50,51,52)(H,53,54,55). The van der Waals surface area contributed by atoms with Crippen molar-refractivity contribution >= 4 is 105 Å². The zero-order chi connectivity index (χ0) is 41.6. The van der Waals surface area contributed by atoms with Gasteiger partial charge < -0.3 is 10.6 Å². The molecule has 2 amide bonds. The Morgan fingerprint density at radius 1 is 0.500 bits per heavy atom. The highest BCUT2D eigenvalue weighted by molar-refractivity contribution is 7.91. The molecule has 0 aliphatic heterocycles. The van der Waals surface area contributed by atoms with Gasteiger partial charge in [0.25, 0.3) is 30.4 Å². The van der Waals surface area contributed by atoms with Crippen molar-refractivity contribution in [3.05, 3.63) is 135 Å². The number of nitrogens with zero attached hydrogens (tertiary/aromatic N) is 2. The van der Waals surface area contributed by atoms with Crippen LogP contribution in [0, 0.1) is 0 Å². The van der Waals surface area contributed by atoms with Crippen LogP contribution in [0.1, 0.15) is 31.8 Å². The van der Waals surface area contributed by atoms with Gasteiger partial charge >= 0.3 is 6.03 Å². The normalized spacial score (nSPS) is 15.6. The van der Waals surface area contributed by atoms with Gasteiger partial charge in [-0.2, -0.15) is 35.5 Å². The van der Waals surface area contributed by atoms with E-state index < -0.39 is 69.2 Å². The minimum atomic E-state index is -5.03. The highest BCUT2D eigenvalue weighted by Gasteiger charge is 2.34. The molecule has 0 radical (unpaired) electrons. The predicted octanol–water partition coefficient (Wildman–Crippen LogP) is 5.52. The van der Waals surface area contributed by atoms with Gasteiger partial charge in [-0.15, -0.1) is 0 Å². The maximum atomic E-state index is 13.5. The molecular formula is C37H26N6O12S3. The number of anilines is 4. The summed E-state index contributed by atoms with van der Waals surface area (Å²) in [5.41, 5.74) is 4.87. The van der Waals surface area contributed by atoms with Crippen molar-refractivity contribution in [3.63, 3.8) is 0 Å². The number of carbonyl (C=O) groups excluding carboxylic acids is 3. The number of hydrogen-bond donors (Lipinski definition) is 7. The van der Waals surface area contributed by atoms with E-state index >= 15 is 0 Å². The molecule has 21 heteroatoms. The number of hydrogen-bond acceptors (Lipinski definition) is 13. The van der Waals surface area contributed by atoms with Gasteiger partial charge in [0.05, 0.1) is 16.3 Å². The Labute approximate surface area is 328 Å². The smallest absolute Gasteiger partial charge is 0.308 e. The molecule has 294 valence electrons. The molecule has 5 aromatic carbocycles. The molecule has 7 N–H and O–H groups in total. The fourth-order valence-electron chi connectivity index (χ4n) is 5.94. The summed E-state index contributed by atoms with van der Waals surface area (Å²) in [5.74, 6) is -1.71. The van der Waals surface area contributed by atoms with Crippen LogP contribution in [0.2, 0.25) is 0 Å². The van der Waals surface area contributed by atoms with E-state index in [1.165, 1.54) is 72.8 Å². The van der Waals surface area contributed by atoms with Crippen molar-refractivity contribution < 1.29 is 53.3 Å². The minimum Gasteiger partial charge on any atom is -0.308 e. The fraction of sp³-hybridized carbons (Fsp3) is 0. The molecule has 58 heavy (non-hydrogen) atoms. The Kier molecular flexibility index (Phi) is 10.1. The highest BCUT2D eigenvalue weighted by atomic mass is 32.2. The van der Waals surface area contributed by atoms with Crippen molar-refractivity contribution in [2.24, 2.45) is 10.2 Å². The highest BCUT2D eigenvalue weighted by Crippen LogP contribution is 2.31. The van der Waals surface area contributed by atoms with Crippen LogP contribution < -0.4 is 21.5 Å². The Bertz CT molecular complexity index is 3090. The van der Waals surface area contributed by atoms with Gasteiger partial charge in [-0.25, -0.2) is 4.79 Å². The summed E-state index contributed by atoms with van der Waals surface area (Å²) in [6.07, 6.45) is 2.01. The number of fused-ring (bicyclic) bond motifs is 3. The average Bonchev–Trinajstić information content (AvgIpc) is 3.16. The molecule has 0 spiro atoms. The molecule has 5 aromatic rings. The van der Waals surface area contributed by atoms with Crippen LogP contribution >= 0.6 is 0 Å². The lowest BCUT2D eigenvalue weighted by atomic mass is 9.94. The predicted molar refractivity (Wildman–Crippen MR) is 216 cm³/mol. The van der Waals surface area contributed by atoms with Crippen LogP contribution in [-0.2, 0) is 30.4 Å². The van der Waals surface area contributed by atoms with E-state index in [0.717, 1.165) is 12.2 Å². The van der Waals surface area contributed by atoms with Gasteiger partial charge in [-0.1, -0.05) is 30.3 Å². The summed E-state index contributed by atoms with van der Waals surface area (Å²) in [4.78, 5) is 37.9. The molecule has 0 bridgehead atoms. The number of ketones is 2. The number of rotatable bonds is 9. The van der Waals surface area contributed by atoms with Gasteiger partial charge in [0.1, 0.15) is 9.81 Å². The maximum Gasteiger partial charge on any atom is 0.323 e. The number of carbonyl (C=O) groups is 3. The van der Waals surface area contributed by atoms with Crippen molar-refractivity contribution in [1.29, 1.82) is 0 Å². The number of urea groups is 1. The first-order valence-electron chi connectivity index (χ1n) is 16.4. The van der Waals surface area contributed by atoms with Crippen molar-refractivity contribution in [1.82, 2.24) is 0 Å². The lowest BCUT2D eigenvalue weighted by molar-refractivity contribution is 0.105. The first kappa shape index (κ1) is 39.4. The first-order valence-corrected chi connectivity index (χ1v) is 20.8. The lowest BCUT2D eigenvalue weighted by Crippen LogP contribution is -2.27. The Morgan fingerprint density at radius 2 is 0.966 bits per heavy atom. The zero-order valence-corrected chi connectivity index (χ0v) is 31.6. The molecule has 7 rings (SSSR count). The molecule has 0 saturated heterocycles. The SMILES string of the molecule is O=C(Nc1ccc2c(c1)C=C(S(=O)(=O)O)C(=NNc1ccccc1)C2=O)Nc1ccc2c(c1)C=C(S(=O)(=O)O)C(=NNc1ccc3cc(S(=O)(=O)O)ccc3c1)C2=O. The first-order chi connectivity index (χ1) is 27.3. The number of para-hydroxylation sites is 1. The van der Waals surface area contributed by atoms with E-state index in [1.54, 1.807) is 30.3 Å². The van der Waals surface area contributed by atoms with Gasteiger partial charge in [0.2, 0.25) is 11.6 Å². The third-order valence-electron chi connectivity index (χ3n) is 8.61. The van der Waals surface area contributed by atoms with Crippen LogP contribution in [0.5, 0.6) is 0 Å². The van der Waals surface area contributed by atoms with E-state index in [9.17, 15) is 53.3 Å². The summed E-state index contributed by atoms with van der Waals surface area (Å²) in [6.45, 7) is 0. The van der Waals surface area contributed by atoms with Gasteiger partial charge in [0.15, 0.2) is 11.4 Å². The fourth-order valence-corrected chi connectivity index (χ4v) is 7.77.